The van der Waals surface area contributed by atoms with Crippen LogP contribution in [0.15, 0.2) is 30.3 Å². The molecule has 2 amide bonds. The quantitative estimate of drug-likeness (QED) is 0.714. The number of ether oxygens (including phenoxy) is 1. The number of rotatable bonds is 7. The number of hydrogen-bond acceptors (Lipinski definition) is 5. The maximum absolute atomic E-state index is 12.1. The molecule has 1 saturated carbocycles. The summed E-state index contributed by atoms with van der Waals surface area (Å²) in [6, 6.07) is 10.7. The van der Waals surface area contributed by atoms with Gasteiger partial charge in [-0.2, -0.15) is 5.26 Å². The van der Waals surface area contributed by atoms with Crippen molar-refractivity contribution in [2.75, 3.05) is 6.61 Å². The lowest BCUT2D eigenvalue weighted by Gasteiger charge is -2.31. The number of carbonyl (C=O) groups is 3. The minimum Gasteiger partial charge on any atom is -0.456 e. The molecule has 0 radical (unpaired) electrons. The van der Waals surface area contributed by atoms with Gasteiger partial charge in [-0.25, -0.2) is 0 Å². The number of nitriles is 1. The standard InChI is InChI=1S/C20H25N3O4/c1-15(24)22-17(16-8-4-2-5-9-16)12-19(26)27-13-18(25)23-20(14-21)10-6-3-7-11-20/h2,4-5,8-9,17H,3,6-7,10-13H2,1H3,(H,22,24)(H,23,25)/t17-/m0/s1. The third-order valence-electron chi connectivity index (χ3n) is 4.61. The van der Waals surface area contributed by atoms with Gasteiger partial charge in [-0.1, -0.05) is 49.6 Å². The van der Waals surface area contributed by atoms with Crippen LogP contribution in [0.3, 0.4) is 0 Å². The van der Waals surface area contributed by atoms with Gasteiger partial charge in [-0.3, -0.25) is 14.4 Å². The van der Waals surface area contributed by atoms with E-state index in [-0.39, 0.29) is 12.3 Å². The number of esters is 1. The lowest BCUT2D eigenvalue weighted by molar-refractivity contribution is -0.149. The Morgan fingerprint density at radius 3 is 2.44 bits per heavy atom. The zero-order valence-electron chi connectivity index (χ0n) is 15.5. The first-order valence-corrected chi connectivity index (χ1v) is 9.14. The van der Waals surface area contributed by atoms with Crippen molar-refractivity contribution in [2.24, 2.45) is 0 Å². The number of hydrogen-bond donors (Lipinski definition) is 2. The lowest BCUT2D eigenvalue weighted by atomic mass is 9.83. The minimum atomic E-state index is -0.857. The third-order valence-corrected chi connectivity index (χ3v) is 4.61. The molecule has 1 aliphatic rings. The fraction of sp³-hybridized carbons (Fsp3) is 0.500. The molecule has 0 spiro atoms. The van der Waals surface area contributed by atoms with Crippen molar-refractivity contribution in [2.45, 2.75) is 57.0 Å². The van der Waals surface area contributed by atoms with Crippen LogP contribution >= 0.6 is 0 Å². The molecule has 0 saturated heterocycles. The van der Waals surface area contributed by atoms with Crippen LogP contribution in [0.25, 0.3) is 0 Å². The number of nitrogens with zero attached hydrogens (tertiary/aromatic N) is 1. The molecule has 1 aromatic carbocycles. The normalized spacial score (nSPS) is 16.4. The van der Waals surface area contributed by atoms with Crippen molar-refractivity contribution < 1.29 is 19.1 Å². The Bertz CT molecular complexity index is 706. The second kappa shape index (κ2) is 9.72. The second-order valence-corrected chi connectivity index (χ2v) is 6.83. The van der Waals surface area contributed by atoms with Crippen molar-refractivity contribution in [1.29, 1.82) is 5.26 Å². The molecule has 7 heteroatoms. The molecule has 0 bridgehead atoms. The maximum Gasteiger partial charge on any atom is 0.308 e. The van der Waals surface area contributed by atoms with Crippen LogP contribution in [-0.4, -0.2) is 29.9 Å². The Morgan fingerprint density at radius 1 is 1.19 bits per heavy atom. The Kier molecular flexibility index (Phi) is 7.35. The highest BCUT2D eigenvalue weighted by molar-refractivity contribution is 5.82. The average molecular weight is 371 g/mol. The van der Waals surface area contributed by atoms with Gasteiger partial charge in [0.05, 0.1) is 18.5 Å². The van der Waals surface area contributed by atoms with E-state index in [9.17, 15) is 19.6 Å². The first-order chi connectivity index (χ1) is 12.9. The van der Waals surface area contributed by atoms with Gasteiger partial charge in [0.2, 0.25) is 5.91 Å². The van der Waals surface area contributed by atoms with Gasteiger partial charge in [0, 0.05) is 6.92 Å². The molecule has 7 nitrogen and oxygen atoms in total. The van der Waals surface area contributed by atoms with E-state index in [1.54, 1.807) is 12.1 Å². The summed E-state index contributed by atoms with van der Waals surface area (Å²) in [4.78, 5) is 35.6. The summed E-state index contributed by atoms with van der Waals surface area (Å²) in [6.45, 7) is 0.935. The van der Waals surface area contributed by atoms with Crippen LogP contribution in [0.1, 0.15) is 57.1 Å². The van der Waals surface area contributed by atoms with E-state index in [4.69, 9.17) is 4.74 Å². The van der Waals surface area contributed by atoms with Crippen molar-refractivity contribution >= 4 is 17.8 Å². The van der Waals surface area contributed by atoms with E-state index in [0.717, 1.165) is 24.8 Å². The molecule has 1 atom stereocenters. The smallest absolute Gasteiger partial charge is 0.308 e. The largest absolute Gasteiger partial charge is 0.456 e. The van der Waals surface area contributed by atoms with Crippen LogP contribution in [-0.2, 0) is 19.1 Å². The Labute approximate surface area is 159 Å². The zero-order chi connectivity index (χ0) is 19.7. The molecule has 0 aliphatic heterocycles. The highest BCUT2D eigenvalue weighted by Gasteiger charge is 2.33. The molecule has 1 fully saturated rings. The summed E-state index contributed by atoms with van der Waals surface area (Å²) in [6.07, 6.45) is 3.98. The van der Waals surface area contributed by atoms with Crippen molar-refractivity contribution in [3.8, 4) is 6.07 Å². The zero-order valence-corrected chi connectivity index (χ0v) is 15.5. The van der Waals surface area contributed by atoms with Crippen molar-refractivity contribution in [3.05, 3.63) is 35.9 Å². The van der Waals surface area contributed by atoms with Gasteiger partial charge < -0.3 is 15.4 Å². The second-order valence-electron chi connectivity index (χ2n) is 6.83. The third kappa shape index (κ3) is 6.41. The summed E-state index contributed by atoms with van der Waals surface area (Å²) < 4.78 is 5.06. The van der Waals surface area contributed by atoms with Crippen LogP contribution in [0.2, 0.25) is 0 Å². The van der Waals surface area contributed by atoms with Crippen LogP contribution in [0, 0.1) is 11.3 Å². The SMILES string of the molecule is CC(=O)N[C@@H](CC(=O)OCC(=O)NC1(C#N)CCCCC1)c1ccccc1. The summed E-state index contributed by atoms with van der Waals surface area (Å²) in [5.74, 6) is -1.34. The minimum absolute atomic E-state index is 0.0831. The summed E-state index contributed by atoms with van der Waals surface area (Å²) >= 11 is 0. The molecule has 2 N–H and O–H groups in total. The fourth-order valence-corrected chi connectivity index (χ4v) is 3.28. The topological polar surface area (TPSA) is 108 Å². The van der Waals surface area contributed by atoms with Crippen LogP contribution in [0.5, 0.6) is 0 Å². The number of benzene rings is 1. The molecule has 1 aliphatic carbocycles. The number of carbonyl (C=O) groups excluding carboxylic acids is 3. The Balaban J connectivity index is 1.87. The average Bonchev–Trinajstić information content (AvgIpc) is 2.67. The molecule has 27 heavy (non-hydrogen) atoms. The van der Waals surface area contributed by atoms with Gasteiger partial charge in [-0.05, 0) is 18.4 Å². The predicted octanol–water partition coefficient (Wildman–Crippen LogP) is 2.14. The molecular weight excluding hydrogens is 346 g/mol. The first kappa shape index (κ1) is 20.4. The molecule has 0 unspecified atom stereocenters. The monoisotopic (exact) mass is 371 g/mol. The van der Waals surface area contributed by atoms with Crippen molar-refractivity contribution in [1.82, 2.24) is 10.6 Å². The first-order valence-electron chi connectivity index (χ1n) is 9.14. The number of amides is 2. The van der Waals surface area contributed by atoms with E-state index in [1.807, 2.05) is 18.2 Å². The van der Waals surface area contributed by atoms with E-state index in [1.165, 1.54) is 6.92 Å². The van der Waals surface area contributed by atoms with Crippen LogP contribution < -0.4 is 10.6 Å². The van der Waals surface area contributed by atoms with Crippen molar-refractivity contribution in [3.63, 3.8) is 0 Å². The molecule has 144 valence electrons. The molecular formula is C20H25N3O4. The van der Waals surface area contributed by atoms with Gasteiger partial charge in [-0.15, -0.1) is 0 Å². The molecule has 0 aromatic heterocycles. The maximum atomic E-state index is 12.1. The van der Waals surface area contributed by atoms with E-state index >= 15 is 0 Å². The molecule has 0 heterocycles. The predicted molar refractivity (Wildman–Crippen MR) is 98.1 cm³/mol. The Hall–Kier alpha value is -2.88. The summed E-state index contributed by atoms with van der Waals surface area (Å²) in [7, 11) is 0. The summed E-state index contributed by atoms with van der Waals surface area (Å²) in [5, 5.41) is 14.8. The van der Waals surface area contributed by atoms with E-state index < -0.39 is 30.1 Å². The highest BCUT2D eigenvalue weighted by Crippen LogP contribution is 2.27. The lowest BCUT2D eigenvalue weighted by Crippen LogP contribution is -2.50. The molecule has 1 aromatic rings. The van der Waals surface area contributed by atoms with Gasteiger partial charge in [0.25, 0.3) is 5.91 Å². The highest BCUT2D eigenvalue weighted by atomic mass is 16.5. The number of nitrogens with one attached hydrogen (secondary N) is 2. The van der Waals surface area contributed by atoms with E-state index in [0.29, 0.717) is 12.8 Å². The summed E-state index contributed by atoms with van der Waals surface area (Å²) in [5.41, 5.74) is -0.0791. The van der Waals surface area contributed by atoms with Crippen LogP contribution in [0.4, 0.5) is 0 Å². The van der Waals surface area contributed by atoms with Gasteiger partial charge in [0.15, 0.2) is 6.61 Å². The van der Waals surface area contributed by atoms with E-state index in [2.05, 4.69) is 16.7 Å². The van der Waals surface area contributed by atoms with Gasteiger partial charge >= 0.3 is 5.97 Å². The Morgan fingerprint density at radius 2 is 1.85 bits per heavy atom. The van der Waals surface area contributed by atoms with Gasteiger partial charge in [0.1, 0.15) is 5.54 Å². The molecule has 2 rings (SSSR count). The fourth-order valence-electron chi connectivity index (χ4n) is 3.28.